The summed E-state index contributed by atoms with van der Waals surface area (Å²) in [4.78, 5) is 10.8. The minimum absolute atomic E-state index is 0.317. The lowest BCUT2D eigenvalue weighted by Crippen LogP contribution is -2.30. The number of halogens is 1. The van der Waals surface area contributed by atoms with Gasteiger partial charge >= 0.3 is 0 Å². The van der Waals surface area contributed by atoms with Gasteiger partial charge in [-0.15, -0.1) is 0 Å². The van der Waals surface area contributed by atoms with Crippen molar-refractivity contribution in [2.24, 2.45) is 0 Å². The molecule has 1 aromatic carbocycles. The van der Waals surface area contributed by atoms with Gasteiger partial charge in [-0.2, -0.15) is 0 Å². The van der Waals surface area contributed by atoms with Crippen LogP contribution in [0.5, 0.6) is 0 Å². The lowest BCUT2D eigenvalue weighted by Gasteiger charge is -2.29. The van der Waals surface area contributed by atoms with Gasteiger partial charge in [0.05, 0.1) is 0 Å². The molecule has 0 radical (unpaired) electrons. The first kappa shape index (κ1) is 14.1. The molecule has 1 aliphatic heterocycles. The van der Waals surface area contributed by atoms with Crippen molar-refractivity contribution in [1.29, 1.82) is 0 Å². The average molecular weight is 300 g/mol. The van der Waals surface area contributed by atoms with Gasteiger partial charge < -0.3 is 4.90 Å². The summed E-state index contributed by atoms with van der Waals surface area (Å²) < 4.78 is 0. The van der Waals surface area contributed by atoms with E-state index in [0.717, 1.165) is 31.0 Å². The van der Waals surface area contributed by atoms with Crippen molar-refractivity contribution in [3.63, 3.8) is 0 Å². The van der Waals surface area contributed by atoms with E-state index in [0.29, 0.717) is 5.28 Å². The smallest absolute Gasteiger partial charge is 0.224 e. The van der Waals surface area contributed by atoms with Gasteiger partial charge in [-0.1, -0.05) is 30.3 Å². The number of anilines is 1. The molecule has 4 heteroatoms. The zero-order chi connectivity index (χ0) is 14.8. The van der Waals surface area contributed by atoms with Crippen LogP contribution in [0.2, 0.25) is 5.28 Å². The lowest BCUT2D eigenvalue weighted by molar-refractivity contribution is 0.810. The summed E-state index contributed by atoms with van der Waals surface area (Å²) in [6.45, 7) is 5.92. The minimum atomic E-state index is 0.317. The van der Waals surface area contributed by atoms with E-state index in [9.17, 15) is 0 Å². The first-order chi connectivity index (χ1) is 10.1. The van der Waals surface area contributed by atoms with E-state index in [1.807, 2.05) is 13.0 Å². The molecule has 0 spiro atoms. The van der Waals surface area contributed by atoms with Gasteiger partial charge in [0.25, 0.3) is 0 Å². The molecular formula is C17H18ClN3. The predicted octanol–water partition coefficient (Wildman–Crippen LogP) is 4.04. The predicted molar refractivity (Wildman–Crippen MR) is 87.8 cm³/mol. The average Bonchev–Trinajstić information content (AvgIpc) is 2.47. The molecule has 0 aliphatic carbocycles. The maximum absolute atomic E-state index is 5.98. The van der Waals surface area contributed by atoms with Gasteiger partial charge in [0.15, 0.2) is 0 Å². The highest BCUT2D eigenvalue weighted by Gasteiger charge is 2.17. The zero-order valence-corrected chi connectivity index (χ0v) is 13.1. The number of aryl methyl sites for hydroxylation is 2. The molecule has 2 aromatic rings. The van der Waals surface area contributed by atoms with Crippen LogP contribution < -0.4 is 4.90 Å². The van der Waals surface area contributed by atoms with E-state index in [1.54, 1.807) is 0 Å². The molecule has 21 heavy (non-hydrogen) atoms. The van der Waals surface area contributed by atoms with Crippen LogP contribution in [0.1, 0.15) is 23.2 Å². The van der Waals surface area contributed by atoms with E-state index >= 15 is 0 Å². The van der Waals surface area contributed by atoms with Crippen molar-refractivity contribution in [1.82, 2.24) is 9.97 Å². The molecule has 108 valence electrons. The Hall–Kier alpha value is -1.87. The third-order valence-electron chi connectivity index (χ3n) is 3.78. The van der Waals surface area contributed by atoms with Crippen LogP contribution >= 0.6 is 11.6 Å². The van der Waals surface area contributed by atoms with Gasteiger partial charge in [-0.25, -0.2) is 9.97 Å². The fourth-order valence-corrected chi connectivity index (χ4v) is 2.97. The molecule has 0 amide bonds. The quantitative estimate of drug-likeness (QED) is 0.784. The fourth-order valence-electron chi connectivity index (χ4n) is 2.75. The summed E-state index contributed by atoms with van der Waals surface area (Å²) in [6, 6.07) is 10.5. The molecule has 0 saturated heterocycles. The Balaban J connectivity index is 1.89. The summed E-state index contributed by atoms with van der Waals surface area (Å²) in [5.74, 6) is 0.909. The standard InChI is InChI=1S/C17H18ClN3/c1-12-6-3-4-8-15(12)14-7-5-9-21(11-14)16-10-13(2)19-17(18)20-16/h3-4,6-8,10H,5,9,11H2,1-2H3. The van der Waals surface area contributed by atoms with Crippen LogP contribution in [0.25, 0.3) is 5.57 Å². The van der Waals surface area contributed by atoms with E-state index in [2.05, 4.69) is 52.1 Å². The zero-order valence-electron chi connectivity index (χ0n) is 12.3. The van der Waals surface area contributed by atoms with Gasteiger partial charge in [0.1, 0.15) is 5.82 Å². The van der Waals surface area contributed by atoms with Crippen LogP contribution in [0.3, 0.4) is 0 Å². The van der Waals surface area contributed by atoms with Crippen molar-refractivity contribution >= 4 is 23.0 Å². The van der Waals surface area contributed by atoms with Crippen LogP contribution in [0, 0.1) is 13.8 Å². The van der Waals surface area contributed by atoms with Crippen molar-refractivity contribution in [2.45, 2.75) is 20.3 Å². The Morgan fingerprint density at radius 3 is 2.71 bits per heavy atom. The van der Waals surface area contributed by atoms with E-state index in [1.165, 1.54) is 16.7 Å². The highest BCUT2D eigenvalue weighted by Crippen LogP contribution is 2.26. The number of rotatable bonds is 2. The van der Waals surface area contributed by atoms with E-state index in [-0.39, 0.29) is 0 Å². The third-order valence-corrected chi connectivity index (χ3v) is 3.95. The van der Waals surface area contributed by atoms with E-state index in [4.69, 9.17) is 11.6 Å². The third kappa shape index (κ3) is 3.08. The number of hydrogen-bond donors (Lipinski definition) is 0. The minimum Gasteiger partial charge on any atom is -0.352 e. The molecule has 1 aliphatic rings. The number of nitrogens with zero attached hydrogens (tertiary/aromatic N) is 3. The first-order valence-corrected chi connectivity index (χ1v) is 7.52. The molecule has 0 bridgehead atoms. The van der Waals surface area contributed by atoms with Crippen LogP contribution in [-0.4, -0.2) is 23.1 Å². The Bertz CT molecular complexity index is 674. The second-order valence-corrected chi connectivity index (χ2v) is 5.73. The second kappa shape index (κ2) is 5.86. The normalized spacial score (nSPS) is 15.0. The molecule has 0 fully saturated rings. The Kier molecular flexibility index (Phi) is 3.93. The second-order valence-electron chi connectivity index (χ2n) is 5.39. The van der Waals surface area contributed by atoms with Crippen LogP contribution in [0.4, 0.5) is 5.82 Å². The molecule has 1 aromatic heterocycles. The van der Waals surface area contributed by atoms with Crippen molar-refractivity contribution in [2.75, 3.05) is 18.0 Å². The first-order valence-electron chi connectivity index (χ1n) is 7.14. The fraction of sp³-hybridized carbons (Fsp3) is 0.294. The Morgan fingerprint density at radius 2 is 1.95 bits per heavy atom. The molecule has 0 unspecified atom stereocenters. The number of hydrogen-bond acceptors (Lipinski definition) is 3. The number of aromatic nitrogens is 2. The van der Waals surface area contributed by atoms with Gasteiger partial charge in [-0.05, 0) is 48.6 Å². The monoisotopic (exact) mass is 299 g/mol. The van der Waals surface area contributed by atoms with Crippen molar-refractivity contribution in [3.05, 3.63) is 58.5 Å². The maximum atomic E-state index is 5.98. The van der Waals surface area contributed by atoms with Gasteiger partial charge in [-0.3, -0.25) is 0 Å². The largest absolute Gasteiger partial charge is 0.352 e. The topological polar surface area (TPSA) is 29.0 Å². The SMILES string of the molecule is Cc1cc(N2CCC=C(c3ccccc3C)C2)nc(Cl)n1. The lowest BCUT2D eigenvalue weighted by atomic mass is 9.97. The van der Waals surface area contributed by atoms with Gasteiger partial charge in [0.2, 0.25) is 5.28 Å². The number of benzene rings is 1. The summed E-state index contributed by atoms with van der Waals surface area (Å²) in [5.41, 5.74) is 4.88. The van der Waals surface area contributed by atoms with Crippen molar-refractivity contribution < 1.29 is 0 Å². The molecule has 0 N–H and O–H groups in total. The molecule has 3 rings (SSSR count). The molecular weight excluding hydrogens is 282 g/mol. The highest BCUT2D eigenvalue weighted by molar-refractivity contribution is 6.28. The van der Waals surface area contributed by atoms with E-state index < -0.39 is 0 Å². The van der Waals surface area contributed by atoms with Crippen LogP contribution in [0.15, 0.2) is 36.4 Å². The summed E-state index contributed by atoms with van der Waals surface area (Å²) in [5, 5.41) is 0.317. The van der Waals surface area contributed by atoms with Crippen LogP contribution in [-0.2, 0) is 0 Å². The Morgan fingerprint density at radius 1 is 1.14 bits per heavy atom. The highest BCUT2D eigenvalue weighted by atomic mass is 35.5. The summed E-state index contributed by atoms with van der Waals surface area (Å²) >= 11 is 5.98. The van der Waals surface area contributed by atoms with Gasteiger partial charge in [0, 0.05) is 24.8 Å². The molecule has 2 heterocycles. The maximum Gasteiger partial charge on any atom is 0.224 e. The molecule has 0 saturated carbocycles. The summed E-state index contributed by atoms with van der Waals surface area (Å²) in [7, 11) is 0. The van der Waals surface area contributed by atoms with Crippen molar-refractivity contribution in [3.8, 4) is 0 Å². The Labute approximate surface area is 130 Å². The summed E-state index contributed by atoms with van der Waals surface area (Å²) in [6.07, 6.45) is 3.35. The molecule has 3 nitrogen and oxygen atoms in total. The molecule has 0 atom stereocenters.